The molecule has 3 rings (SSSR count). The standard InChI is InChI=1S/C17H18ClN/c1-12-16(18)8-7-15-10-14(11-19-17(12)15)9-13-5-3-2-4-6-13/h2-8,14,19H,9-11H2,1H3. The Bertz CT molecular complexity index is 577. The second-order valence-electron chi connectivity index (χ2n) is 5.35. The topological polar surface area (TPSA) is 12.0 Å². The van der Waals surface area contributed by atoms with Crippen molar-refractivity contribution < 1.29 is 0 Å². The molecule has 1 nitrogen and oxygen atoms in total. The van der Waals surface area contributed by atoms with E-state index in [0.29, 0.717) is 5.92 Å². The van der Waals surface area contributed by atoms with Gasteiger partial charge in [-0.25, -0.2) is 0 Å². The summed E-state index contributed by atoms with van der Waals surface area (Å²) in [5.74, 6) is 0.662. The molecule has 0 amide bonds. The second kappa shape index (κ2) is 5.26. The summed E-state index contributed by atoms with van der Waals surface area (Å²) in [5.41, 5.74) is 5.24. The predicted octanol–water partition coefficient (Wildman–Crippen LogP) is 4.48. The average molecular weight is 272 g/mol. The van der Waals surface area contributed by atoms with E-state index >= 15 is 0 Å². The Morgan fingerprint density at radius 3 is 2.74 bits per heavy atom. The van der Waals surface area contributed by atoms with E-state index in [2.05, 4.69) is 48.6 Å². The SMILES string of the molecule is Cc1c(Cl)ccc2c1NCC(Cc1ccccc1)C2. The Morgan fingerprint density at radius 1 is 1.16 bits per heavy atom. The number of benzene rings is 2. The summed E-state index contributed by atoms with van der Waals surface area (Å²) in [4.78, 5) is 0. The Morgan fingerprint density at radius 2 is 1.95 bits per heavy atom. The molecule has 0 bridgehead atoms. The molecule has 1 unspecified atom stereocenters. The summed E-state index contributed by atoms with van der Waals surface area (Å²) in [5, 5.41) is 4.41. The molecule has 0 aromatic heterocycles. The minimum atomic E-state index is 0.662. The van der Waals surface area contributed by atoms with Crippen LogP contribution in [0.2, 0.25) is 5.02 Å². The van der Waals surface area contributed by atoms with Gasteiger partial charge in [-0.3, -0.25) is 0 Å². The zero-order valence-electron chi connectivity index (χ0n) is 11.1. The third-order valence-electron chi connectivity index (χ3n) is 3.93. The summed E-state index contributed by atoms with van der Waals surface area (Å²) in [6.07, 6.45) is 2.27. The quantitative estimate of drug-likeness (QED) is 0.849. The normalized spacial score (nSPS) is 17.7. The highest BCUT2D eigenvalue weighted by Gasteiger charge is 2.20. The number of rotatable bonds is 2. The summed E-state index contributed by atoms with van der Waals surface area (Å²) in [7, 11) is 0. The Hall–Kier alpha value is -1.47. The molecule has 1 atom stereocenters. The van der Waals surface area contributed by atoms with Crippen molar-refractivity contribution in [3.05, 3.63) is 64.2 Å². The van der Waals surface area contributed by atoms with Crippen LogP contribution in [-0.4, -0.2) is 6.54 Å². The molecule has 0 saturated heterocycles. The van der Waals surface area contributed by atoms with Crippen molar-refractivity contribution in [3.8, 4) is 0 Å². The molecule has 98 valence electrons. The van der Waals surface area contributed by atoms with Crippen molar-refractivity contribution in [2.45, 2.75) is 19.8 Å². The third-order valence-corrected chi connectivity index (χ3v) is 4.34. The van der Waals surface area contributed by atoms with E-state index < -0.39 is 0 Å². The lowest BCUT2D eigenvalue weighted by Crippen LogP contribution is -2.25. The van der Waals surface area contributed by atoms with Crippen molar-refractivity contribution in [1.82, 2.24) is 0 Å². The zero-order chi connectivity index (χ0) is 13.2. The zero-order valence-corrected chi connectivity index (χ0v) is 11.9. The molecule has 1 N–H and O–H groups in total. The molecule has 1 heterocycles. The van der Waals surface area contributed by atoms with Gasteiger partial charge in [0.25, 0.3) is 0 Å². The van der Waals surface area contributed by atoms with Crippen LogP contribution in [0.4, 0.5) is 5.69 Å². The summed E-state index contributed by atoms with van der Waals surface area (Å²) in [6.45, 7) is 3.12. The molecular weight excluding hydrogens is 254 g/mol. The van der Waals surface area contributed by atoms with E-state index in [1.54, 1.807) is 0 Å². The van der Waals surface area contributed by atoms with Crippen LogP contribution in [0, 0.1) is 12.8 Å². The highest BCUT2D eigenvalue weighted by atomic mass is 35.5. The van der Waals surface area contributed by atoms with Crippen molar-refractivity contribution in [3.63, 3.8) is 0 Å². The first-order valence-corrected chi connectivity index (χ1v) is 7.17. The fraction of sp³-hybridized carbons (Fsp3) is 0.294. The van der Waals surface area contributed by atoms with Gasteiger partial charge in [0, 0.05) is 17.3 Å². The van der Waals surface area contributed by atoms with Crippen molar-refractivity contribution in [1.29, 1.82) is 0 Å². The van der Waals surface area contributed by atoms with E-state index in [1.807, 2.05) is 6.07 Å². The molecule has 0 radical (unpaired) electrons. The highest BCUT2D eigenvalue weighted by Crippen LogP contribution is 2.33. The molecule has 0 aliphatic carbocycles. The Kier molecular flexibility index (Phi) is 3.48. The lowest BCUT2D eigenvalue weighted by molar-refractivity contribution is 0.535. The maximum atomic E-state index is 6.17. The van der Waals surface area contributed by atoms with E-state index in [1.165, 1.54) is 22.4 Å². The van der Waals surface area contributed by atoms with Crippen LogP contribution in [0.1, 0.15) is 16.7 Å². The van der Waals surface area contributed by atoms with Crippen LogP contribution >= 0.6 is 11.6 Å². The molecule has 0 spiro atoms. The van der Waals surface area contributed by atoms with E-state index in [9.17, 15) is 0 Å². The molecule has 1 aliphatic rings. The van der Waals surface area contributed by atoms with Crippen LogP contribution in [0.5, 0.6) is 0 Å². The smallest absolute Gasteiger partial charge is 0.0455 e. The van der Waals surface area contributed by atoms with Gasteiger partial charge in [-0.2, -0.15) is 0 Å². The average Bonchev–Trinajstić information content (AvgIpc) is 2.44. The number of hydrogen-bond acceptors (Lipinski definition) is 1. The first kappa shape index (κ1) is 12.6. The van der Waals surface area contributed by atoms with Gasteiger partial charge < -0.3 is 5.32 Å². The van der Waals surface area contributed by atoms with Gasteiger partial charge in [-0.15, -0.1) is 0 Å². The highest BCUT2D eigenvalue weighted by molar-refractivity contribution is 6.31. The minimum absolute atomic E-state index is 0.662. The van der Waals surface area contributed by atoms with Gasteiger partial charge >= 0.3 is 0 Å². The van der Waals surface area contributed by atoms with Gasteiger partial charge in [0.1, 0.15) is 0 Å². The first-order valence-electron chi connectivity index (χ1n) is 6.80. The molecular formula is C17H18ClN. The molecule has 2 aromatic rings. The van der Waals surface area contributed by atoms with E-state index in [-0.39, 0.29) is 0 Å². The Balaban J connectivity index is 1.78. The Labute approximate surface area is 119 Å². The summed E-state index contributed by atoms with van der Waals surface area (Å²) >= 11 is 6.17. The number of halogens is 1. The van der Waals surface area contributed by atoms with Crippen molar-refractivity contribution in [2.75, 3.05) is 11.9 Å². The minimum Gasteiger partial charge on any atom is -0.384 e. The van der Waals surface area contributed by atoms with Crippen molar-refractivity contribution in [2.24, 2.45) is 5.92 Å². The van der Waals surface area contributed by atoms with Crippen LogP contribution in [0.3, 0.4) is 0 Å². The number of fused-ring (bicyclic) bond motifs is 1. The van der Waals surface area contributed by atoms with Gasteiger partial charge in [0.15, 0.2) is 0 Å². The lowest BCUT2D eigenvalue weighted by Gasteiger charge is -2.28. The second-order valence-corrected chi connectivity index (χ2v) is 5.75. The monoisotopic (exact) mass is 271 g/mol. The molecule has 2 heteroatoms. The maximum Gasteiger partial charge on any atom is 0.0455 e. The van der Waals surface area contributed by atoms with Crippen LogP contribution < -0.4 is 5.32 Å². The fourth-order valence-corrected chi connectivity index (χ4v) is 3.04. The van der Waals surface area contributed by atoms with Gasteiger partial charge in [-0.05, 0) is 48.4 Å². The predicted molar refractivity (Wildman–Crippen MR) is 82.0 cm³/mol. The molecule has 0 saturated carbocycles. The number of nitrogens with one attached hydrogen (secondary N) is 1. The fourth-order valence-electron chi connectivity index (χ4n) is 2.88. The van der Waals surface area contributed by atoms with Gasteiger partial charge in [0.2, 0.25) is 0 Å². The summed E-state index contributed by atoms with van der Waals surface area (Å²) < 4.78 is 0. The number of hydrogen-bond donors (Lipinski definition) is 1. The van der Waals surface area contributed by atoms with Crippen LogP contribution in [-0.2, 0) is 12.8 Å². The van der Waals surface area contributed by atoms with Crippen molar-refractivity contribution >= 4 is 17.3 Å². The van der Waals surface area contributed by atoms with Gasteiger partial charge in [-0.1, -0.05) is 48.0 Å². The van der Waals surface area contributed by atoms with Crippen LogP contribution in [0.25, 0.3) is 0 Å². The third kappa shape index (κ3) is 2.62. The molecule has 2 aromatic carbocycles. The summed E-state index contributed by atoms with van der Waals surface area (Å²) in [6, 6.07) is 14.9. The van der Waals surface area contributed by atoms with Gasteiger partial charge in [0.05, 0.1) is 0 Å². The maximum absolute atomic E-state index is 6.17. The molecule has 19 heavy (non-hydrogen) atoms. The van der Waals surface area contributed by atoms with E-state index in [4.69, 9.17) is 11.6 Å². The molecule has 1 aliphatic heterocycles. The number of anilines is 1. The first-order chi connectivity index (χ1) is 9.24. The van der Waals surface area contributed by atoms with E-state index in [0.717, 1.165) is 24.4 Å². The van der Waals surface area contributed by atoms with Crippen LogP contribution in [0.15, 0.2) is 42.5 Å². The largest absolute Gasteiger partial charge is 0.384 e. The molecule has 0 fully saturated rings. The lowest BCUT2D eigenvalue weighted by atomic mass is 9.88.